The molecule has 0 saturated carbocycles. The molecule has 124 valence electrons. The lowest BCUT2D eigenvalue weighted by Gasteiger charge is -2.34. The maximum absolute atomic E-state index is 12.8. The Labute approximate surface area is 138 Å². The van der Waals surface area contributed by atoms with Crippen molar-refractivity contribution in [2.24, 2.45) is 5.73 Å². The van der Waals surface area contributed by atoms with Gasteiger partial charge in [-0.1, -0.05) is 6.07 Å². The maximum atomic E-state index is 12.8. The van der Waals surface area contributed by atoms with Gasteiger partial charge >= 0.3 is 0 Å². The number of carbonyl (C=O) groups is 1. The van der Waals surface area contributed by atoms with Gasteiger partial charge < -0.3 is 10.6 Å². The Morgan fingerprint density at radius 1 is 1.22 bits per heavy atom. The van der Waals surface area contributed by atoms with Gasteiger partial charge in [-0.15, -0.1) is 0 Å². The number of piperazine rings is 1. The Balaban J connectivity index is 1.80. The number of sulfonamides is 1. The van der Waals surface area contributed by atoms with Crippen molar-refractivity contribution in [3.8, 4) is 0 Å². The fraction of sp³-hybridized carbons (Fsp3) is 0.462. The molecule has 2 heterocycles. The Morgan fingerprint density at radius 2 is 1.96 bits per heavy atom. The van der Waals surface area contributed by atoms with Crippen LogP contribution in [0.3, 0.4) is 0 Å². The second-order valence-corrected chi connectivity index (χ2v) is 7.65. The fourth-order valence-electron chi connectivity index (χ4n) is 2.59. The van der Waals surface area contributed by atoms with Crippen LogP contribution in [0.25, 0.3) is 11.0 Å². The van der Waals surface area contributed by atoms with E-state index in [4.69, 9.17) is 5.73 Å². The zero-order valence-electron chi connectivity index (χ0n) is 12.4. The molecule has 3 rings (SSSR count). The summed E-state index contributed by atoms with van der Waals surface area (Å²) in [6.07, 6.45) is 0.288. The monoisotopic (exact) mass is 355 g/mol. The van der Waals surface area contributed by atoms with Gasteiger partial charge in [-0.05, 0) is 12.1 Å². The van der Waals surface area contributed by atoms with Crippen LogP contribution in [-0.2, 0) is 14.8 Å². The van der Waals surface area contributed by atoms with Crippen LogP contribution in [0.4, 0.5) is 0 Å². The number of rotatable bonds is 4. The molecule has 1 fully saturated rings. The second-order valence-electron chi connectivity index (χ2n) is 5.21. The summed E-state index contributed by atoms with van der Waals surface area (Å²) in [7, 11) is -3.65. The van der Waals surface area contributed by atoms with Gasteiger partial charge in [0.15, 0.2) is 0 Å². The molecule has 2 N–H and O–H groups in total. The average Bonchev–Trinajstić information content (AvgIpc) is 3.03. The number of amides is 1. The summed E-state index contributed by atoms with van der Waals surface area (Å²) in [5, 5.41) is 0. The van der Waals surface area contributed by atoms with E-state index in [1.165, 1.54) is 4.31 Å². The molecule has 0 radical (unpaired) electrons. The number of benzene rings is 1. The molecule has 1 amide bonds. The van der Waals surface area contributed by atoms with Gasteiger partial charge in [0.1, 0.15) is 15.9 Å². The molecule has 1 saturated heterocycles. The quantitative estimate of drug-likeness (QED) is 0.818. The summed E-state index contributed by atoms with van der Waals surface area (Å²) in [6, 6.07) is 4.95. The molecule has 1 aliphatic heterocycles. The van der Waals surface area contributed by atoms with E-state index in [1.807, 2.05) is 0 Å². The first-order valence-electron chi connectivity index (χ1n) is 7.23. The molecule has 0 bridgehead atoms. The van der Waals surface area contributed by atoms with E-state index in [2.05, 4.69) is 8.75 Å². The minimum atomic E-state index is -3.65. The third-order valence-corrected chi connectivity index (χ3v) is 6.29. The minimum absolute atomic E-state index is 0.0321. The molecule has 23 heavy (non-hydrogen) atoms. The third-order valence-electron chi connectivity index (χ3n) is 3.82. The summed E-state index contributed by atoms with van der Waals surface area (Å²) in [5.41, 5.74) is 6.36. The Hall–Kier alpha value is -1.62. The van der Waals surface area contributed by atoms with E-state index in [0.717, 1.165) is 11.7 Å². The molecule has 0 atom stereocenters. The Kier molecular flexibility index (Phi) is 4.57. The topological polar surface area (TPSA) is 109 Å². The van der Waals surface area contributed by atoms with E-state index in [-0.39, 0.29) is 30.3 Å². The van der Waals surface area contributed by atoms with Gasteiger partial charge in [0.2, 0.25) is 15.9 Å². The average molecular weight is 355 g/mol. The van der Waals surface area contributed by atoms with E-state index in [0.29, 0.717) is 30.7 Å². The smallest absolute Gasteiger partial charge is 0.245 e. The van der Waals surface area contributed by atoms with Crippen molar-refractivity contribution < 1.29 is 13.2 Å². The highest BCUT2D eigenvalue weighted by Crippen LogP contribution is 2.25. The van der Waals surface area contributed by atoms with Crippen LogP contribution in [0.1, 0.15) is 6.42 Å². The third kappa shape index (κ3) is 3.07. The predicted molar refractivity (Wildman–Crippen MR) is 86.4 cm³/mol. The lowest BCUT2D eigenvalue weighted by molar-refractivity contribution is -0.132. The highest BCUT2D eigenvalue weighted by Gasteiger charge is 2.31. The van der Waals surface area contributed by atoms with Crippen molar-refractivity contribution in [2.75, 3.05) is 32.7 Å². The van der Waals surface area contributed by atoms with Gasteiger partial charge in [0.05, 0.1) is 11.7 Å². The molecule has 2 aromatic rings. The van der Waals surface area contributed by atoms with Crippen molar-refractivity contribution in [1.29, 1.82) is 0 Å². The number of aromatic nitrogens is 2. The minimum Gasteiger partial charge on any atom is -0.340 e. The summed E-state index contributed by atoms with van der Waals surface area (Å²) >= 11 is 0.992. The van der Waals surface area contributed by atoms with Crippen molar-refractivity contribution >= 4 is 38.7 Å². The van der Waals surface area contributed by atoms with Crippen molar-refractivity contribution in [3.05, 3.63) is 18.2 Å². The van der Waals surface area contributed by atoms with Crippen LogP contribution in [0.15, 0.2) is 23.1 Å². The van der Waals surface area contributed by atoms with Crippen LogP contribution >= 0.6 is 11.7 Å². The molecule has 1 aromatic heterocycles. The summed E-state index contributed by atoms with van der Waals surface area (Å²) in [5.74, 6) is -0.0321. The van der Waals surface area contributed by atoms with Crippen molar-refractivity contribution in [3.63, 3.8) is 0 Å². The molecule has 10 heteroatoms. The summed E-state index contributed by atoms with van der Waals surface area (Å²) in [4.78, 5) is 13.7. The second kappa shape index (κ2) is 6.48. The van der Waals surface area contributed by atoms with Gasteiger partial charge in [-0.25, -0.2) is 8.42 Å². The predicted octanol–water partition coefficient (Wildman–Crippen LogP) is -0.127. The van der Waals surface area contributed by atoms with Gasteiger partial charge in [0.25, 0.3) is 0 Å². The van der Waals surface area contributed by atoms with Gasteiger partial charge in [-0.2, -0.15) is 13.1 Å². The molecule has 0 aliphatic carbocycles. The molecule has 1 aromatic carbocycles. The lowest BCUT2D eigenvalue weighted by Crippen LogP contribution is -2.50. The Morgan fingerprint density at radius 3 is 2.65 bits per heavy atom. The zero-order valence-corrected chi connectivity index (χ0v) is 14.0. The number of nitrogens with two attached hydrogens (primary N) is 1. The lowest BCUT2D eigenvalue weighted by atomic mass is 10.3. The maximum Gasteiger partial charge on any atom is 0.245 e. The number of hydrogen-bond donors (Lipinski definition) is 1. The molecule has 8 nitrogen and oxygen atoms in total. The van der Waals surface area contributed by atoms with E-state index >= 15 is 0 Å². The number of nitrogens with zero attached hydrogens (tertiary/aromatic N) is 4. The van der Waals surface area contributed by atoms with Crippen LogP contribution in [0.2, 0.25) is 0 Å². The zero-order chi connectivity index (χ0) is 16.4. The van der Waals surface area contributed by atoms with E-state index in [1.54, 1.807) is 23.1 Å². The first-order chi connectivity index (χ1) is 11.0. The van der Waals surface area contributed by atoms with Crippen LogP contribution in [0.5, 0.6) is 0 Å². The summed E-state index contributed by atoms with van der Waals surface area (Å²) in [6.45, 7) is 1.60. The van der Waals surface area contributed by atoms with Crippen LogP contribution < -0.4 is 5.73 Å². The molecular formula is C13H17N5O3S2. The first kappa shape index (κ1) is 16.2. The van der Waals surface area contributed by atoms with Crippen LogP contribution in [-0.4, -0.2) is 65.0 Å². The normalized spacial score (nSPS) is 16.8. The fourth-order valence-corrected chi connectivity index (χ4v) is 4.76. The molecular weight excluding hydrogens is 338 g/mol. The largest absolute Gasteiger partial charge is 0.340 e. The number of fused-ring (bicyclic) bond motifs is 1. The van der Waals surface area contributed by atoms with Gasteiger partial charge in [-0.3, -0.25) is 4.79 Å². The van der Waals surface area contributed by atoms with Gasteiger partial charge in [0, 0.05) is 39.1 Å². The molecule has 1 aliphatic rings. The molecule has 0 spiro atoms. The first-order valence-corrected chi connectivity index (χ1v) is 9.40. The highest BCUT2D eigenvalue weighted by molar-refractivity contribution is 7.89. The Bertz CT molecular complexity index is 812. The SMILES string of the molecule is NCCC(=O)N1CCN(S(=O)(=O)c2cccc3nsnc23)CC1. The number of carbonyl (C=O) groups excluding carboxylic acids is 1. The molecule has 0 unspecified atom stereocenters. The standard InChI is InChI=1S/C13H17N5O3S2/c14-5-4-12(19)17-6-8-18(9-7-17)23(20,21)11-3-1-2-10-13(11)16-22-15-10/h1-3H,4-9,14H2. The number of hydrogen-bond acceptors (Lipinski definition) is 7. The van der Waals surface area contributed by atoms with E-state index < -0.39 is 10.0 Å². The van der Waals surface area contributed by atoms with Crippen molar-refractivity contribution in [1.82, 2.24) is 18.0 Å². The van der Waals surface area contributed by atoms with Crippen LogP contribution in [0, 0.1) is 0 Å². The highest BCUT2D eigenvalue weighted by atomic mass is 32.2. The van der Waals surface area contributed by atoms with Crippen molar-refractivity contribution in [2.45, 2.75) is 11.3 Å². The summed E-state index contributed by atoms with van der Waals surface area (Å²) < 4.78 is 35.2. The van der Waals surface area contributed by atoms with E-state index in [9.17, 15) is 13.2 Å².